The van der Waals surface area contributed by atoms with Gasteiger partial charge in [0.25, 0.3) is 0 Å². The smallest absolute Gasteiger partial charge is 0.137 e. The minimum absolute atomic E-state index is 0.490. The van der Waals surface area contributed by atoms with E-state index in [9.17, 15) is 0 Å². The Balaban J connectivity index is 1.08. The highest BCUT2D eigenvalue weighted by atomic mass is 16.5. The van der Waals surface area contributed by atoms with E-state index < -0.39 is 0 Å². The first-order valence-corrected chi connectivity index (χ1v) is 19.4. The lowest BCUT2D eigenvalue weighted by atomic mass is 9.92. The van der Waals surface area contributed by atoms with E-state index >= 15 is 0 Å². The van der Waals surface area contributed by atoms with Gasteiger partial charge in [0.2, 0.25) is 0 Å². The van der Waals surface area contributed by atoms with Gasteiger partial charge in [-0.3, -0.25) is 0 Å². The first-order chi connectivity index (χ1) is 27.8. The summed E-state index contributed by atoms with van der Waals surface area (Å²) in [6, 6.07) is 66.7. The largest absolute Gasteiger partial charge is 0.487 e. The standard InChI is InChI=1S/C53H32N2O/c1-3-15-34-32(13-1)29-49(39-19-7-5-17-36(34)39)54-45-23-11-9-21-42(45)51-44-31-56-53-41(38(44)25-27-47(51)54)26-28-48-52(53)43-22-10-12-24-46(43)55(48)50-30-33-14-2-4-16-35(33)37-18-6-8-20-40(37)50/h1-30H,31H2. The Labute approximate surface area is 321 Å². The first-order valence-electron chi connectivity index (χ1n) is 19.4. The van der Waals surface area contributed by atoms with Gasteiger partial charge in [0.15, 0.2) is 0 Å². The summed E-state index contributed by atoms with van der Waals surface area (Å²) >= 11 is 0. The fourth-order valence-corrected chi connectivity index (χ4v) is 10.0. The van der Waals surface area contributed by atoms with E-state index in [1.165, 1.54) is 98.3 Å². The van der Waals surface area contributed by atoms with Crippen molar-refractivity contribution in [2.45, 2.75) is 6.61 Å². The summed E-state index contributed by atoms with van der Waals surface area (Å²) in [4.78, 5) is 0. The summed E-state index contributed by atoms with van der Waals surface area (Å²) in [5.74, 6) is 0.957. The van der Waals surface area contributed by atoms with Crippen molar-refractivity contribution >= 4 is 86.7 Å². The van der Waals surface area contributed by atoms with Crippen LogP contribution >= 0.6 is 0 Å². The molecule has 0 atom stereocenters. The second-order valence-electron chi connectivity index (χ2n) is 15.1. The monoisotopic (exact) mass is 712 g/mol. The molecule has 13 rings (SSSR count). The third-order valence-electron chi connectivity index (χ3n) is 12.4. The molecule has 0 N–H and O–H groups in total. The van der Waals surface area contributed by atoms with Gasteiger partial charge in [0.05, 0.1) is 38.8 Å². The van der Waals surface area contributed by atoms with Crippen LogP contribution in [-0.2, 0) is 6.61 Å². The number of rotatable bonds is 2. The molecule has 0 bridgehead atoms. The van der Waals surface area contributed by atoms with Crippen LogP contribution < -0.4 is 4.74 Å². The number of hydrogen-bond donors (Lipinski definition) is 0. The lowest BCUT2D eigenvalue weighted by Gasteiger charge is -2.23. The fourth-order valence-electron chi connectivity index (χ4n) is 10.0. The Kier molecular flexibility index (Phi) is 5.95. The van der Waals surface area contributed by atoms with Crippen molar-refractivity contribution in [3.05, 3.63) is 188 Å². The van der Waals surface area contributed by atoms with Crippen LogP contribution in [0.25, 0.3) is 109 Å². The molecule has 0 radical (unpaired) electrons. The molecule has 260 valence electrons. The van der Waals surface area contributed by atoms with E-state index in [0.717, 1.165) is 22.2 Å². The Morgan fingerprint density at radius 1 is 0.339 bits per heavy atom. The van der Waals surface area contributed by atoms with E-state index in [1.54, 1.807) is 0 Å². The Bertz CT molecular complexity index is 3420. The van der Waals surface area contributed by atoms with Gasteiger partial charge in [-0.05, 0) is 80.3 Å². The predicted molar refractivity (Wildman–Crippen MR) is 235 cm³/mol. The van der Waals surface area contributed by atoms with Gasteiger partial charge in [-0.15, -0.1) is 0 Å². The number of ether oxygens (including phenoxy) is 1. The normalized spacial score (nSPS) is 12.7. The van der Waals surface area contributed by atoms with Gasteiger partial charge in [0, 0.05) is 38.1 Å². The molecule has 2 aromatic heterocycles. The molecule has 0 spiro atoms. The molecule has 1 aliphatic rings. The first kappa shape index (κ1) is 30.0. The summed E-state index contributed by atoms with van der Waals surface area (Å²) in [5, 5.41) is 14.9. The van der Waals surface area contributed by atoms with Crippen molar-refractivity contribution in [1.29, 1.82) is 0 Å². The molecule has 0 aliphatic carbocycles. The third kappa shape index (κ3) is 3.91. The lowest BCUT2D eigenvalue weighted by molar-refractivity contribution is 0.308. The number of benzene rings is 10. The zero-order chi connectivity index (χ0) is 36.5. The molecule has 0 amide bonds. The number of nitrogens with zero attached hydrogens (tertiary/aromatic N) is 2. The summed E-state index contributed by atoms with van der Waals surface area (Å²) in [6.07, 6.45) is 0. The minimum atomic E-state index is 0.490. The molecule has 3 nitrogen and oxygen atoms in total. The molecule has 10 aromatic carbocycles. The van der Waals surface area contributed by atoms with Crippen LogP contribution in [-0.4, -0.2) is 9.13 Å². The van der Waals surface area contributed by atoms with Gasteiger partial charge in [-0.1, -0.05) is 140 Å². The summed E-state index contributed by atoms with van der Waals surface area (Å²) < 4.78 is 12.0. The van der Waals surface area contributed by atoms with E-state index in [2.05, 4.69) is 191 Å². The molecule has 3 heteroatoms. The van der Waals surface area contributed by atoms with Crippen LogP contribution in [0, 0.1) is 0 Å². The number of para-hydroxylation sites is 2. The van der Waals surface area contributed by atoms with Crippen molar-refractivity contribution in [3.8, 4) is 28.3 Å². The molecule has 0 fully saturated rings. The van der Waals surface area contributed by atoms with Gasteiger partial charge < -0.3 is 13.9 Å². The summed E-state index contributed by atoms with van der Waals surface area (Å²) in [7, 11) is 0. The average molecular weight is 713 g/mol. The van der Waals surface area contributed by atoms with Crippen LogP contribution in [0.2, 0.25) is 0 Å². The van der Waals surface area contributed by atoms with Crippen molar-refractivity contribution in [2.75, 3.05) is 0 Å². The maximum absolute atomic E-state index is 7.06. The summed E-state index contributed by atoms with van der Waals surface area (Å²) in [5.41, 5.74) is 10.7. The zero-order valence-corrected chi connectivity index (χ0v) is 30.3. The van der Waals surface area contributed by atoms with E-state index in [1.807, 2.05) is 0 Å². The average Bonchev–Trinajstić information content (AvgIpc) is 3.79. The van der Waals surface area contributed by atoms with Crippen molar-refractivity contribution < 1.29 is 4.74 Å². The summed E-state index contributed by atoms with van der Waals surface area (Å²) in [6.45, 7) is 0.490. The molecular weight excluding hydrogens is 681 g/mol. The fraction of sp³-hybridized carbons (Fsp3) is 0.0189. The molecular formula is C53H32N2O. The van der Waals surface area contributed by atoms with Crippen molar-refractivity contribution in [3.63, 3.8) is 0 Å². The highest BCUT2D eigenvalue weighted by Gasteiger charge is 2.28. The maximum atomic E-state index is 7.06. The molecule has 0 saturated heterocycles. The topological polar surface area (TPSA) is 19.1 Å². The van der Waals surface area contributed by atoms with Crippen LogP contribution in [0.4, 0.5) is 0 Å². The van der Waals surface area contributed by atoms with Crippen LogP contribution in [0.3, 0.4) is 0 Å². The van der Waals surface area contributed by atoms with Gasteiger partial charge in [-0.25, -0.2) is 0 Å². The van der Waals surface area contributed by atoms with E-state index in [-0.39, 0.29) is 0 Å². The molecule has 56 heavy (non-hydrogen) atoms. The molecule has 3 heterocycles. The second kappa shape index (κ2) is 11.1. The zero-order valence-electron chi connectivity index (χ0n) is 30.3. The maximum Gasteiger partial charge on any atom is 0.137 e. The minimum Gasteiger partial charge on any atom is -0.487 e. The molecule has 1 aliphatic heterocycles. The van der Waals surface area contributed by atoms with Gasteiger partial charge in [-0.2, -0.15) is 0 Å². The van der Waals surface area contributed by atoms with Crippen LogP contribution in [0.1, 0.15) is 5.56 Å². The predicted octanol–water partition coefficient (Wildman–Crippen LogP) is 14.1. The van der Waals surface area contributed by atoms with E-state index in [0.29, 0.717) is 6.61 Å². The third-order valence-corrected chi connectivity index (χ3v) is 12.4. The van der Waals surface area contributed by atoms with Gasteiger partial charge in [0.1, 0.15) is 12.4 Å². The van der Waals surface area contributed by atoms with Crippen molar-refractivity contribution in [1.82, 2.24) is 9.13 Å². The number of fused-ring (bicyclic) bond motifs is 17. The Morgan fingerprint density at radius 2 is 0.768 bits per heavy atom. The Hall–Kier alpha value is -7.36. The molecule has 0 unspecified atom stereocenters. The number of aromatic nitrogens is 2. The van der Waals surface area contributed by atoms with Crippen LogP contribution in [0.15, 0.2) is 182 Å². The van der Waals surface area contributed by atoms with Gasteiger partial charge >= 0.3 is 0 Å². The molecule has 12 aromatic rings. The van der Waals surface area contributed by atoms with E-state index in [4.69, 9.17) is 4.74 Å². The Morgan fingerprint density at radius 3 is 1.34 bits per heavy atom. The van der Waals surface area contributed by atoms with Crippen molar-refractivity contribution in [2.24, 2.45) is 0 Å². The number of hydrogen-bond acceptors (Lipinski definition) is 1. The second-order valence-corrected chi connectivity index (χ2v) is 15.1. The quantitative estimate of drug-likeness (QED) is 0.163. The SMILES string of the molecule is c1ccc2c(c1)cc(-n1c3ccccc3c3c4c(ccc31)-c1ccc3c(c1OC4)c1ccccc1n3-c1cc3ccccc3c3ccccc13)c1ccccc12. The lowest BCUT2D eigenvalue weighted by Crippen LogP contribution is -2.07. The van der Waals surface area contributed by atoms with Crippen LogP contribution in [0.5, 0.6) is 5.75 Å². The highest BCUT2D eigenvalue weighted by molar-refractivity contribution is 6.20. The molecule has 0 saturated carbocycles. The highest BCUT2D eigenvalue weighted by Crippen LogP contribution is 2.50.